The highest BCUT2D eigenvalue weighted by Crippen LogP contribution is 2.41. The molecule has 2 N–H and O–H groups in total. The van der Waals surface area contributed by atoms with Crippen molar-refractivity contribution in [3.63, 3.8) is 0 Å². The quantitative estimate of drug-likeness (QED) is 0.385. The molecular weight excluding hydrogens is 300 g/mol. The Hall–Kier alpha value is -0.810. The van der Waals surface area contributed by atoms with E-state index in [1.54, 1.807) is 0 Å². The molecule has 0 amide bonds. The van der Waals surface area contributed by atoms with E-state index >= 15 is 0 Å². The van der Waals surface area contributed by atoms with Crippen molar-refractivity contribution in [1.82, 2.24) is 15.5 Å². The standard InChI is InChI=1S/C19H38N4O/c1-4-20-18(21-14-17-8-12-23(3)15-17)22-16-19(9-6-7-10-19)11-13-24-5-2/h17H,4-16H2,1-3H3,(H2,20,21,22). The predicted molar refractivity (Wildman–Crippen MR) is 102 cm³/mol. The second kappa shape index (κ2) is 10.2. The van der Waals surface area contributed by atoms with E-state index in [0.29, 0.717) is 5.41 Å². The van der Waals surface area contributed by atoms with Gasteiger partial charge in [-0.2, -0.15) is 0 Å². The van der Waals surface area contributed by atoms with Crippen molar-refractivity contribution in [3.05, 3.63) is 0 Å². The molecule has 2 aliphatic rings. The molecule has 0 aromatic rings. The number of rotatable bonds is 9. The van der Waals surface area contributed by atoms with Crippen molar-refractivity contribution in [1.29, 1.82) is 0 Å². The topological polar surface area (TPSA) is 48.9 Å². The number of likely N-dealkylation sites (tertiary alicyclic amines) is 1. The summed E-state index contributed by atoms with van der Waals surface area (Å²) in [5, 5.41) is 6.99. The fourth-order valence-electron chi connectivity index (χ4n) is 4.07. The van der Waals surface area contributed by atoms with E-state index in [4.69, 9.17) is 9.73 Å². The van der Waals surface area contributed by atoms with Gasteiger partial charge in [0.05, 0.1) is 0 Å². The molecule has 0 radical (unpaired) electrons. The molecule has 140 valence electrons. The Morgan fingerprint density at radius 1 is 1.25 bits per heavy atom. The van der Waals surface area contributed by atoms with E-state index in [2.05, 4.69) is 36.4 Å². The number of hydrogen-bond donors (Lipinski definition) is 2. The molecule has 2 fully saturated rings. The van der Waals surface area contributed by atoms with E-state index in [0.717, 1.165) is 51.1 Å². The first-order valence-electron chi connectivity index (χ1n) is 9.96. The van der Waals surface area contributed by atoms with Gasteiger partial charge < -0.3 is 20.3 Å². The molecule has 2 rings (SSSR count). The van der Waals surface area contributed by atoms with Crippen LogP contribution in [0.2, 0.25) is 0 Å². The van der Waals surface area contributed by atoms with Crippen molar-refractivity contribution >= 4 is 5.96 Å². The summed E-state index contributed by atoms with van der Waals surface area (Å²) in [4.78, 5) is 7.37. The molecular formula is C19H38N4O. The van der Waals surface area contributed by atoms with Crippen LogP contribution in [0.1, 0.15) is 52.4 Å². The third kappa shape index (κ3) is 6.25. The highest BCUT2D eigenvalue weighted by Gasteiger charge is 2.33. The van der Waals surface area contributed by atoms with Crippen LogP contribution in [0.4, 0.5) is 0 Å². The Bertz CT molecular complexity index is 380. The van der Waals surface area contributed by atoms with Crippen LogP contribution in [-0.2, 0) is 4.74 Å². The fourth-order valence-corrected chi connectivity index (χ4v) is 4.07. The zero-order valence-electron chi connectivity index (χ0n) is 16.1. The van der Waals surface area contributed by atoms with Crippen LogP contribution in [0.25, 0.3) is 0 Å². The fraction of sp³-hybridized carbons (Fsp3) is 0.947. The van der Waals surface area contributed by atoms with Crippen LogP contribution in [0.15, 0.2) is 4.99 Å². The summed E-state index contributed by atoms with van der Waals surface area (Å²) < 4.78 is 5.62. The lowest BCUT2D eigenvalue weighted by Crippen LogP contribution is -2.41. The van der Waals surface area contributed by atoms with Gasteiger partial charge in [-0.25, -0.2) is 0 Å². The maximum atomic E-state index is 5.62. The number of hydrogen-bond acceptors (Lipinski definition) is 3. The Labute approximate surface area is 148 Å². The Morgan fingerprint density at radius 2 is 2.04 bits per heavy atom. The summed E-state index contributed by atoms with van der Waals surface area (Å²) in [6.45, 7) is 11.2. The minimum Gasteiger partial charge on any atom is -0.382 e. The van der Waals surface area contributed by atoms with Crippen LogP contribution in [0.5, 0.6) is 0 Å². The number of guanidine groups is 1. The summed E-state index contributed by atoms with van der Waals surface area (Å²) >= 11 is 0. The number of ether oxygens (including phenoxy) is 1. The highest BCUT2D eigenvalue weighted by molar-refractivity contribution is 5.79. The van der Waals surface area contributed by atoms with E-state index in [9.17, 15) is 0 Å². The lowest BCUT2D eigenvalue weighted by molar-refractivity contribution is 0.107. The van der Waals surface area contributed by atoms with Crippen molar-refractivity contribution < 1.29 is 4.74 Å². The molecule has 1 saturated heterocycles. The molecule has 1 heterocycles. The monoisotopic (exact) mass is 338 g/mol. The van der Waals surface area contributed by atoms with Crippen LogP contribution in [-0.4, -0.2) is 63.8 Å². The largest absolute Gasteiger partial charge is 0.382 e. The van der Waals surface area contributed by atoms with Gasteiger partial charge in [0.25, 0.3) is 0 Å². The number of nitrogens with zero attached hydrogens (tertiary/aromatic N) is 2. The van der Waals surface area contributed by atoms with Gasteiger partial charge in [-0.1, -0.05) is 12.8 Å². The summed E-state index contributed by atoms with van der Waals surface area (Å²) in [7, 11) is 2.21. The summed E-state index contributed by atoms with van der Waals surface area (Å²) in [6.07, 6.45) is 7.74. The van der Waals surface area contributed by atoms with Crippen LogP contribution < -0.4 is 10.6 Å². The van der Waals surface area contributed by atoms with Gasteiger partial charge in [0.1, 0.15) is 0 Å². The Balaban J connectivity index is 1.85. The van der Waals surface area contributed by atoms with E-state index in [-0.39, 0.29) is 0 Å². The highest BCUT2D eigenvalue weighted by atomic mass is 16.5. The van der Waals surface area contributed by atoms with Gasteiger partial charge in [0.15, 0.2) is 5.96 Å². The molecule has 5 heteroatoms. The predicted octanol–water partition coefficient (Wildman–Crippen LogP) is 2.48. The molecule has 0 aromatic carbocycles. The molecule has 0 bridgehead atoms. The van der Waals surface area contributed by atoms with Crippen molar-refractivity contribution in [3.8, 4) is 0 Å². The van der Waals surface area contributed by atoms with Crippen LogP contribution in [0, 0.1) is 11.3 Å². The van der Waals surface area contributed by atoms with Crippen molar-refractivity contribution in [2.45, 2.75) is 52.4 Å². The third-order valence-electron chi connectivity index (χ3n) is 5.61. The molecule has 1 unspecified atom stereocenters. The zero-order valence-corrected chi connectivity index (χ0v) is 16.1. The van der Waals surface area contributed by atoms with Gasteiger partial charge in [0.2, 0.25) is 0 Å². The Morgan fingerprint density at radius 3 is 2.67 bits per heavy atom. The second-order valence-electron chi connectivity index (χ2n) is 7.65. The maximum absolute atomic E-state index is 5.62. The maximum Gasteiger partial charge on any atom is 0.191 e. The second-order valence-corrected chi connectivity index (χ2v) is 7.65. The van der Waals surface area contributed by atoms with Gasteiger partial charge >= 0.3 is 0 Å². The first-order chi connectivity index (χ1) is 11.7. The average Bonchev–Trinajstić information content (AvgIpc) is 3.20. The molecule has 1 aliphatic heterocycles. The third-order valence-corrected chi connectivity index (χ3v) is 5.61. The van der Waals surface area contributed by atoms with E-state index < -0.39 is 0 Å². The summed E-state index contributed by atoms with van der Waals surface area (Å²) in [5.74, 6) is 1.74. The van der Waals surface area contributed by atoms with E-state index in [1.807, 2.05) is 0 Å². The normalized spacial score (nSPS) is 24.5. The van der Waals surface area contributed by atoms with Crippen molar-refractivity contribution in [2.24, 2.45) is 16.3 Å². The van der Waals surface area contributed by atoms with Gasteiger partial charge in [-0.15, -0.1) is 0 Å². The Kier molecular flexibility index (Phi) is 8.33. The minimum absolute atomic E-state index is 0.366. The van der Waals surface area contributed by atoms with Crippen LogP contribution >= 0.6 is 0 Å². The van der Waals surface area contributed by atoms with Crippen LogP contribution in [0.3, 0.4) is 0 Å². The molecule has 1 aliphatic carbocycles. The lowest BCUT2D eigenvalue weighted by atomic mass is 9.83. The molecule has 1 atom stereocenters. The zero-order chi connectivity index (χ0) is 17.3. The molecule has 5 nitrogen and oxygen atoms in total. The SMILES string of the molecule is CCNC(=NCC1(CCOCC)CCCC1)NCC1CCN(C)C1. The minimum atomic E-state index is 0.366. The first kappa shape index (κ1) is 19.5. The van der Waals surface area contributed by atoms with Gasteiger partial charge in [-0.3, -0.25) is 4.99 Å². The molecule has 0 aromatic heterocycles. The van der Waals surface area contributed by atoms with E-state index in [1.165, 1.54) is 45.2 Å². The molecule has 24 heavy (non-hydrogen) atoms. The smallest absolute Gasteiger partial charge is 0.191 e. The number of nitrogens with one attached hydrogen (secondary N) is 2. The molecule has 0 spiro atoms. The molecule has 1 saturated carbocycles. The summed E-state index contributed by atoms with van der Waals surface area (Å²) in [5.41, 5.74) is 0.366. The number of aliphatic imine (C=N–C) groups is 1. The van der Waals surface area contributed by atoms with Gasteiger partial charge in [-0.05, 0) is 64.5 Å². The average molecular weight is 339 g/mol. The van der Waals surface area contributed by atoms with Crippen molar-refractivity contribution in [2.75, 3.05) is 53.0 Å². The summed E-state index contributed by atoms with van der Waals surface area (Å²) in [6, 6.07) is 0. The lowest BCUT2D eigenvalue weighted by Gasteiger charge is -2.27. The first-order valence-corrected chi connectivity index (χ1v) is 9.96. The van der Waals surface area contributed by atoms with Gasteiger partial charge in [0, 0.05) is 39.4 Å².